The molecule has 0 heterocycles. The summed E-state index contributed by atoms with van der Waals surface area (Å²) in [6.45, 7) is 3.73. The molecule has 25 heavy (non-hydrogen) atoms. The second kappa shape index (κ2) is 8.54. The molecule has 136 valence electrons. The number of hydrogen-bond acceptors (Lipinski definition) is 7. The lowest BCUT2D eigenvalue weighted by atomic mass is 10.1. The highest BCUT2D eigenvalue weighted by Gasteiger charge is 2.18. The number of ketones is 1. The minimum absolute atomic E-state index is 0.0253. The van der Waals surface area contributed by atoms with E-state index in [-0.39, 0.29) is 28.3 Å². The largest absolute Gasteiger partial charge is 0.508 e. The van der Waals surface area contributed by atoms with Gasteiger partial charge in [0.05, 0.1) is 16.0 Å². The number of hydrogen-bond donors (Lipinski definition) is 3. The number of carbonyl (C=O) groups is 2. The molecule has 1 aromatic carbocycles. The monoisotopic (exact) mass is 368 g/mol. The van der Waals surface area contributed by atoms with Crippen LogP contribution < -0.4 is 4.72 Å². The molecule has 0 bridgehead atoms. The molecule has 9 heteroatoms. The van der Waals surface area contributed by atoms with Crippen molar-refractivity contribution in [2.75, 3.05) is 13.2 Å². The normalized spacial score (nSPS) is 12.3. The van der Waals surface area contributed by atoms with Gasteiger partial charge in [-0.1, -0.05) is 13.0 Å². The first-order valence-corrected chi connectivity index (χ1v) is 8.83. The second-order valence-electron chi connectivity index (χ2n) is 5.11. The van der Waals surface area contributed by atoms with Crippen molar-refractivity contribution in [1.82, 2.24) is 4.72 Å². The van der Waals surface area contributed by atoms with Crippen molar-refractivity contribution in [2.24, 2.45) is 0 Å². The first-order valence-electron chi connectivity index (χ1n) is 7.35. The lowest BCUT2D eigenvalue weighted by Gasteiger charge is -2.09. The number of sulfonamides is 1. The maximum atomic E-state index is 12.0. The third kappa shape index (κ3) is 5.50. The summed E-state index contributed by atoms with van der Waals surface area (Å²) in [5.41, 5.74) is -0.404. The Labute approximate surface area is 146 Å². The Balaban J connectivity index is 2.98. The maximum Gasteiger partial charge on any atom is 0.338 e. The molecular weight excluding hydrogens is 348 g/mol. The highest BCUT2D eigenvalue weighted by Crippen LogP contribution is 2.13. The average molecular weight is 368 g/mol. The van der Waals surface area contributed by atoms with E-state index >= 15 is 0 Å². The van der Waals surface area contributed by atoms with Crippen LogP contribution in [-0.2, 0) is 19.6 Å². The molecular formula is C16H20N2O6S. The molecule has 0 aromatic heterocycles. The number of esters is 1. The third-order valence-corrected chi connectivity index (χ3v) is 4.61. The van der Waals surface area contributed by atoms with Crippen molar-refractivity contribution in [3.63, 3.8) is 0 Å². The number of carbonyl (C=O) groups excluding carboxylic acids is 2. The molecule has 1 rings (SSSR count). The molecule has 8 nitrogen and oxygen atoms in total. The van der Waals surface area contributed by atoms with Crippen LogP contribution in [0, 0.1) is 5.41 Å². The smallest absolute Gasteiger partial charge is 0.338 e. The van der Waals surface area contributed by atoms with Crippen LogP contribution in [0.3, 0.4) is 0 Å². The van der Waals surface area contributed by atoms with Crippen LogP contribution >= 0.6 is 0 Å². The van der Waals surface area contributed by atoms with Gasteiger partial charge in [0, 0.05) is 12.3 Å². The number of benzene rings is 1. The van der Waals surface area contributed by atoms with Crippen LogP contribution in [-0.4, -0.2) is 44.1 Å². The lowest BCUT2D eigenvalue weighted by Crippen LogP contribution is -2.23. The summed E-state index contributed by atoms with van der Waals surface area (Å²) in [5.74, 6) is -1.94. The van der Waals surface area contributed by atoms with E-state index in [0.717, 1.165) is 6.07 Å². The van der Waals surface area contributed by atoms with Crippen molar-refractivity contribution in [3.8, 4) is 0 Å². The average Bonchev–Trinajstić information content (AvgIpc) is 2.52. The van der Waals surface area contributed by atoms with Crippen LogP contribution in [0.1, 0.15) is 31.1 Å². The van der Waals surface area contributed by atoms with Crippen molar-refractivity contribution < 1.29 is 27.9 Å². The topological polar surface area (TPSA) is 134 Å². The van der Waals surface area contributed by atoms with E-state index in [2.05, 4.69) is 4.72 Å². The van der Waals surface area contributed by atoms with Gasteiger partial charge in [-0.05, 0) is 32.0 Å². The van der Waals surface area contributed by atoms with E-state index in [1.54, 1.807) is 6.92 Å². The fraction of sp³-hybridized carbons (Fsp3) is 0.312. The Morgan fingerprint density at radius 1 is 1.28 bits per heavy atom. The van der Waals surface area contributed by atoms with E-state index < -0.39 is 34.1 Å². The SMILES string of the molecule is CCNS(=O)(=O)c1cccc(C(=O)OC/C(O)=C(\C(C)=N)C(C)=O)c1. The molecule has 0 amide bonds. The van der Waals surface area contributed by atoms with Gasteiger partial charge < -0.3 is 15.3 Å². The third-order valence-electron chi connectivity index (χ3n) is 3.07. The predicted octanol–water partition coefficient (Wildman–Crippen LogP) is 1.58. The van der Waals surface area contributed by atoms with Gasteiger partial charge in [0.25, 0.3) is 0 Å². The van der Waals surface area contributed by atoms with Gasteiger partial charge in [0.1, 0.15) is 12.4 Å². The van der Waals surface area contributed by atoms with Gasteiger partial charge in [-0.25, -0.2) is 17.9 Å². The zero-order valence-electron chi connectivity index (χ0n) is 14.1. The molecule has 3 N–H and O–H groups in total. The summed E-state index contributed by atoms with van der Waals surface area (Å²) in [7, 11) is -3.72. The Morgan fingerprint density at radius 3 is 2.44 bits per heavy atom. The van der Waals surface area contributed by atoms with Crippen molar-refractivity contribution in [3.05, 3.63) is 41.2 Å². The van der Waals surface area contributed by atoms with Gasteiger partial charge in [-0.2, -0.15) is 0 Å². The number of nitrogens with one attached hydrogen (secondary N) is 2. The molecule has 0 radical (unpaired) electrons. The standard InChI is InChI=1S/C16H20N2O6S/c1-4-18-25(22,23)13-7-5-6-12(8-13)16(21)24-9-14(20)15(10(2)17)11(3)19/h5-8,17-18,20H,4,9H2,1-3H3/b15-14-,17-10?. The van der Waals surface area contributed by atoms with Crippen LogP contribution in [0.2, 0.25) is 0 Å². The van der Waals surface area contributed by atoms with Gasteiger partial charge in [-0.3, -0.25) is 4.79 Å². The summed E-state index contributed by atoms with van der Waals surface area (Å²) in [6.07, 6.45) is 0. The first kappa shape index (κ1) is 20.5. The molecule has 0 saturated heterocycles. The quantitative estimate of drug-likeness (QED) is 0.276. The first-order chi connectivity index (χ1) is 11.6. The molecule has 0 saturated carbocycles. The zero-order valence-corrected chi connectivity index (χ0v) is 14.9. The van der Waals surface area contributed by atoms with Crippen LogP contribution in [0.25, 0.3) is 0 Å². The number of aliphatic hydroxyl groups excluding tert-OH is 1. The van der Waals surface area contributed by atoms with Gasteiger partial charge in [0.2, 0.25) is 10.0 Å². The Morgan fingerprint density at radius 2 is 1.92 bits per heavy atom. The summed E-state index contributed by atoms with van der Waals surface area (Å²) < 4.78 is 31.1. The Hall–Kier alpha value is -2.52. The molecule has 0 fully saturated rings. The molecule has 0 aliphatic carbocycles. The molecule has 1 aromatic rings. The van der Waals surface area contributed by atoms with E-state index in [9.17, 15) is 23.1 Å². The predicted molar refractivity (Wildman–Crippen MR) is 91.3 cm³/mol. The summed E-state index contributed by atoms with van der Waals surface area (Å²) in [4.78, 5) is 23.3. The number of allylic oxidation sites excluding steroid dienone is 1. The molecule has 0 unspecified atom stereocenters. The molecule has 0 spiro atoms. The van der Waals surface area contributed by atoms with Crippen molar-refractivity contribution in [1.29, 1.82) is 5.41 Å². The number of aliphatic hydroxyl groups is 1. The number of rotatable bonds is 8. The highest BCUT2D eigenvalue weighted by atomic mass is 32.2. The minimum Gasteiger partial charge on any atom is -0.508 e. The van der Waals surface area contributed by atoms with E-state index in [1.165, 1.54) is 32.0 Å². The van der Waals surface area contributed by atoms with Gasteiger partial charge in [0.15, 0.2) is 5.78 Å². The van der Waals surface area contributed by atoms with E-state index in [4.69, 9.17) is 10.1 Å². The Bertz CT molecular complexity index is 811. The fourth-order valence-electron chi connectivity index (χ4n) is 2.04. The summed E-state index contributed by atoms with van der Waals surface area (Å²) in [5, 5.41) is 17.3. The fourth-order valence-corrected chi connectivity index (χ4v) is 3.12. The highest BCUT2D eigenvalue weighted by molar-refractivity contribution is 7.89. The zero-order chi connectivity index (χ0) is 19.2. The van der Waals surface area contributed by atoms with Crippen LogP contribution in [0.15, 0.2) is 40.5 Å². The molecule has 0 aliphatic heterocycles. The maximum absolute atomic E-state index is 12.0. The summed E-state index contributed by atoms with van der Waals surface area (Å²) in [6, 6.07) is 5.23. The van der Waals surface area contributed by atoms with Crippen molar-refractivity contribution >= 4 is 27.5 Å². The molecule has 0 aliphatic rings. The second-order valence-corrected chi connectivity index (χ2v) is 6.88. The van der Waals surface area contributed by atoms with E-state index in [1.807, 2.05) is 0 Å². The van der Waals surface area contributed by atoms with Crippen molar-refractivity contribution in [2.45, 2.75) is 25.7 Å². The van der Waals surface area contributed by atoms with Gasteiger partial charge in [-0.15, -0.1) is 0 Å². The number of ether oxygens (including phenoxy) is 1. The minimum atomic E-state index is -3.72. The number of Topliss-reactive ketones (excluding diaryl/α,β-unsaturated/α-hetero) is 1. The van der Waals surface area contributed by atoms with Gasteiger partial charge >= 0.3 is 5.97 Å². The molecule has 0 atom stereocenters. The summed E-state index contributed by atoms with van der Waals surface area (Å²) >= 11 is 0. The van der Waals surface area contributed by atoms with Crippen LogP contribution in [0.4, 0.5) is 0 Å². The lowest BCUT2D eigenvalue weighted by molar-refractivity contribution is -0.113. The van der Waals surface area contributed by atoms with Crippen LogP contribution in [0.5, 0.6) is 0 Å². The Kier molecular flexibility index (Phi) is 7.01. The van der Waals surface area contributed by atoms with E-state index in [0.29, 0.717) is 0 Å².